The van der Waals surface area contributed by atoms with E-state index < -0.39 is 6.10 Å². The van der Waals surface area contributed by atoms with E-state index in [1.54, 1.807) is 0 Å². The Bertz CT molecular complexity index is 462. The molecule has 1 saturated heterocycles. The second-order valence-electron chi connectivity index (χ2n) is 5.46. The van der Waals surface area contributed by atoms with Crippen LogP contribution in [0.3, 0.4) is 0 Å². The predicted octanol–water partition coefficient (Wildman–Crippen LogP) is 1.97. The second kappa shape index (κ2) is 6.75. The molecular weight excluding hydrogens is 252 g/mol. The van der Waals surface area contributed by atoms with Crippen molar-refractivity contribution >= 4 is 5.91 Å². The van der Waals surface area contributed by atoms with E-state index in [0.29, 0.717) is 6.04 Å². The number of hydrogen-bond donors (Lipinski definition) is 1. The molecule has 1 aliphatic rings. The van der Waals surface area contributed by atoms with Crippen molar-refractivity contribution in [3.05, 3.63) is 29.8 Å². The van der Waals surface area contributed by atoms with Crippen LogP contribution in [0.4, 0.5) is 0 Å². The molecule has 20 heavy (non-hydrogen) atoms. The topological polar surface area (TPSA) is 41.6 Å². The second-order valence-corrected chi connectivity index (χ2v) is 5.46. The molecule has 0 bridgehead atoms. The third-order valence-corrected chi connectivity index (χ3v) is 3.75. The van der Waals surface area contributed by atoms with Crippen molar-refractivity contribution in [3.8, 4) is 5.75 Å². The number of likely N-dealkylation sites (tertiary alicyclic amines) is 1. The van der Waals surface area contributed by atoms with E-state index in [0.717, 1.165) is 37.2 Å². The number of nitrogens with one attached hydrogen (secondary N) is 1. The standard InChI is InChI=1S/C16H24N2O2/c1-12-6-4-8-15(10-12)20-13(2)16(19)18-9-5-7-14(18)11-17-3/h4,6,8,10,13-14,17H,5,7,9,11H2,1-3H3. The SMILES string of the molecule is CNCC1CCCN1C(=O)C(C)Oc1cccc(C)c1. The van der Waals surface area contributed by atoms with Crippen molar-refractivity contribution in [1.82, 2.24) is 10.2 Å². The van der Waals surface area contributed by atoms with Crippen LogP contribution in [0.5, 0.6) is 5.75 Å². The number of nitrogens with zero attached hydrogens (tertiary/aromatic N) is 1. The molecule has 0 aromatic heterocycles. The van der Waals surface area contributed by atoms with Crippen LogP contribution in [-0.4, -0.2) is 43.1 Å². The lowest BCUT2D eigenvalue weighted by atomic mass is 10.2. The lowest BCUT2D eigenvalue weighted by molar-refractivity contribution is -0.138. The summed E-state index contributed by atoms with van der Waals surface area (Å²) in [7, 11) is 1.92. The number of ether oxygens (including phenoxy) is 1. The fourth-order valence-electron chi connectivity index (χ4n) is 2.75. The Morgan fingerprint density at radius 2 is 2.35 bits per heavy atom. The number of carbonyl (C=O) groups is 1. The molecule has 1 fully saturated rings. The largest absolute Gasteiger partial charge is 0.481 e. The van der Waals surface area contributed by atoms with Crippen LogP contribution in [0, 0.1) is 6.92 Å². The average Bonchev–Trinajstić information content (AvgIpc) is 2.86. The van der Waals surface area contributed by atoms with Gasteiger partial charge in [0.05, 0.1) is 0 Å². The van der Waals surface area contributed by atoms with Crippen molar-refractivity contribution in [2.24, 2.45) is 0 Å². The molecular formula is C16H24N2O2. The highest BCUT2D eigenvalue weighted by Gasteiger charge is 2.31. The summed E-state index contributed by atoms with van der Waals surface area (Å²) in [4.78, 5) is 14.4. The smallest absolute Gasteiger partial charge is 0.263 e. The van der Waals surface area contributed by atoms with E-state index in [1.807, 2.05) is 50.1 Å². The maximum atomic E-state index is 12.5. The van der Waals surface area contributed by atoms with Crippen LogP contribution in [0.15, 0.2) is 24.3 Å². The fourth-order valence-corrected chi connectivity index (χ4v) is 2.75. The molecule has 0 radical (unpaired) electrons. The van der Waals surface area contributed by atoms with Crippen molar-refractivity contribution in [3.63, 3.8) is 0 Å². The summed E-state index contributed by atoms with van der Waals surface area (Å²) >= 11 is 0. The van der Waals surface area contributed by atoms with E-state index in [2.05, 4.69) is 5.32 Å². The summed E-state index contributed by atoms with van der Waals surface area (Å²) in [6, 6.07) is 8.12. The molecule has 1 amide bonds. The molecule has 0 spiro atoms. The third-order valence-electron chi connectivity index (χ3n) is 3.75. The van der Waals surface area contributed by atoms with Gasteiger partial charge >= 0.3 is 0 Å². The number of aryl methyl sites for hydroxylation is 1. The zero-order chi connectivity index (χ0) is 14.5. The Kier molecular flexibility index (Phi) is 5.01. The van der Waals surface area contributed by atoms with Crippen molar-refractivity contribution in [2.75, 3.05) is 20.1 Å². The molecule has 2 unspecified atom stereocenters. The van der Waals surface area contributed by atoms with Gasteiger partial charge in [0, 0.05) is 19.1 Å². The zero-order valence-electron chi connectivity index (χ0n) is 12.6. The number of rotatable bonds is 5. The first-order valence-electron chi connectivity index (χ1n) is 7.30. The van der Waals surface area contributed by atoms with Crippen molar-refractivity contribution in [1.29, 1.82) is 0 Å². The van der Waals surface area contributed by atoms with Gasteiger partial charge in [-0.3, -0.25) is 4.79 Å². The molecule has 0 saturated carbocycles. The first kappa shape index (κ1) is 14.9. The quantitative estimate of drug-likeness (QED) is 0.894. The van der Waals surface area contributed by atoms with Gasteiger partial charge in [-0.2, -0.15) is 0 Å². The molecule has 1 aromatic carbocycles. The highest BCUT2D eigenvalue weighted by molar-refractivity contribution is 5.81. The Morgan fingerprint density at radius 1 is 1.55 bits per heavy atom. The third kappa shape index (κ3) is 3.51. The normalized spacial score (nSPS) is 19.9. The Balaban J connectivity index is 1.98. The van der Waals surface area contributed by atoms with Crippen LogP contribution in [0.1, 0.15) is 25.3 Å². The monoisotopic (exact) mass is 276 g/mol. The van der Waals surface area contributed by atoms with Crippen molar-refractivity contribution < 1.29 is 9.53 Å². The predicted molar refractivity (Wildman–Crippen MR) is 79.9 cm³/mol. The van der Waals surface area contributed by atoms with Gasteiger partial charge in [-0.25, -0.2) is 0 Å². The van der Waals surface area contributed by atoms with Crippen LogP contribution < -0.4 is 10.1 Å². The lowest BCUT2D eigenvalue weighted by Gasteiger charge is -2.27. The van der Waals surface area contributed by atoms with Crippen LogP contribution in [0.25, 0.3) is 0 Å². The summed E-state index contributed by atoms with van der Waals surface area (Å²) in [5.74, 6) is 0.847. The van der Waals surface area contributed by atoms with E-state index in [4.69, 9.17) is 4.74 Å². The molecule has 1 aliphatic heterocycles. The molecule has 4 nitrogen and oxygen atoms in total. The maximum Gasteiger partial charge on any atom is 0.263 e. The average molecular weight is 276 g/mol. The minimum Gasteiger partial charge on any atom is -0.481 e. The summed E-state index contributed by atoms with van der Waals surface area (Å²) in [6.07, 6.45) is 1.72. The van der Waals surface area contributed by atoms with Crippen LogP contribution in [-0.2, 0) is 4.79 Å². The Labute approximate surface area is 121 Å². The molecule has 4 heteroatoms. The molecule has 110 valence electrons. The van der Waals surface area contributed by atoms with E-state index in [-0.39, 0.29) is 5.91 Å². The Morgan fingerprint density at radius 3 is 3.05 bits per heavy atom. The summed E-state index contributed by atoms with van der Waals surface area (Å²) in [5, 5.41) is 3.16. The van der Waals surface area contributed by atoms with E-state index in [1.165, 1.54) is 0 Å². The lowest BCUT2D eigenvalue weighted by Crippen LogP contribution is -2.46. The first-order valence-corrected chi connectivity index (χ1v) is 7.30. The maximum absolute atomic E-state index is 12.5. The Hall–Kier alpha value is -1.55. The van der Waals surface area contributed by atoms with Crippen LogP contribution >= 0.6 is 0 Å². The molecule has 2 rings (SSSR count). The number of benzene rings is 1. The molecule has 2 atom stereocenters. The number of likely N-dealkylation sites (N-methyl/N-ethyl adjacent to an activating group) is 1. The van der Waals surface area contributed by atoms with Crippen LogP contribution in [0.2, 0.25) is 0 Å². The molecule has 1 aromatic rings. The number of carbonyl (C=O) groups excluding carboxylic acids is 1. The summed E-state index contributed by atoms with van der Waals surface area (Å²) in [5.41, 5.74) is 1.14. The van der Waals surface area contributed by atoms with Crippen molar-refractivity contribution in [2.45, 2.75) is 38.8 Å². The molecule has 1 N–H and O–H groups in total. The zero-order valence-corrected chi connectivity index (χ0v) is 12.6. The van der Waals surface area contributed by atoms with E-state index in [9.17, 15) is 4.79 Å². The van der Waals surface area contributed by atoms with Gasteiger partial charge in [0.15, 0.2) is 6.10 Å². The highest BCUT2D eigenvalue weighted by Crippen LogP contribution is 2.20. The van der Waals surface area contributed by atoms with Gasteiger partial charge < -0.3 is 15.0 Å². The number of hydrogen-bond acceptors (Lipinski definition) is 3. The number of amides is 1. The van der Waals surface area contributed by atoms with Gasteiger partial charge in [-0.15, -0.1) is 0 Å². The minimum atomic E-state index is -0.436. The minimum absolute atomic E-state index is 0.0873. The fraction of sp³-hybridized carbons (Fsp3) is 0.562. The molecule has 0 aliphatic carbocycles. The molecule has 1 heterocycles. The summed E-state index contributed by atoms with van der Waals surface area (Å²) in [6.45, 7) is 5.54. The van der Waals surface area contributed by atoms with Gasteiger partial charge in [0.25, 0.3) is 5.91 Å². The van der Waals surface area contributed by atoms with Gasteiger partial charge in [-0.1, -0.05) is 12.1 Å². The van der Waals surface area contributed by atoms with Gasteiger partial charge in [-0.05, 0) is 51.4 Å². The van der Waals surface area contributed by atoms with E-state index >= 15 is 0 Å². The first-order chi connectivity index (χ1) is 9.61. The van der Waals surface area contributed by atoms with Gasteiger partial charge in [0.1, 0.15) is 5.75 Å². The van der Waals surface area contributed by atoms with Gasteiger partial charge in [0.2, 0.25) is 0 Å². The summed E-state index contributed by atoms with van der Waals surface area (Å²) < 4.78 is 5.78. The highest BCUT2D eigenvalue weighted by atomic mass is 16.5.